The Morgan fingerprint density at radius 3 is 2.89 bits per heavy atom. The van der Waals surface area contributed by atoms with Crippen molar-refractivity contribution in [2.45, 2.75) is 38.2 Å². The van der Waals surface area contributed by atoms with Crippen molar-refractivity contribution in [2.75, 3.05) is 7.11 Å². The lowest BCUT2D eigenvalue weighted by atomic mass is 10.1. The van der Waals surface area contributed by atoms with Crippen LogP contribution < -0.4 is 0 Å². The van der Waals surface area contributed by atoms with Crippen LogP contribution in [0.25, 0.3) is 0 Å². The number of allylic oxidation sites excluding steroid dienone is 1. The van der Waals surface area contributed by atoms with Crippen molar-refractivity contribution in [3.05, 3.63) is 11.6 Å². The highest BCUT2D eigenvalue weighted by molar-refractivity contribution is 5.98. The molecular weight excluding hydrogens is 248 g/mol. The molecular formula is C14H16O5. The summed E-state index contributed by atoms with van der Waals surface area (Å²) in [5.41, 5.74) is 0.661. The van der Waals surface area contributed by atoms with Crippen molar-refractivity contribution in [3.63, 3.8) is 0 Å². The molecule has 0 amide bonds. The van der Waals surface area contributed by atoms with E-state index in [1.54, 1.807) is 6.08 Å². The summed E-state index contributed by atoms with van der Waals surface area (Å²) in [6.45, 7) is 0.351. The number of hydrogen-bond donors (Lipinski definition) is 0. The van der Waals surface area contributed by atoms with Crippen LogP contribution in [-0.4, -0.2) is 31.4 Å². The lowest BCUT2D eigenvalue weighted by molar-refractivity contribution is -0.140. The number of carbonyl (C=O) groups is 3. The third-order valence-electron chi connectivity index (χ3n) is 2.69. The third kappa shape index (κ3) is 5.38. The van der Waals surface area contributed by atoms with Gasteiger partial charge in [-0.25, -0.2) is 0 Å². The summed E-state index contributed by atoms with van der Waals surface area (Å²) in [4.78, 5) is 32.5. The second-order valence-electron chi connectivity index (χ2n) is 4.02. The van der Waals surface area contributed by atoms with Crippen molar-refractivity contribution in [1.29, 1.82) is 0 Å². The van der Waals surface area contributed by atoms with Crippen LogP contribution in [0.3, 0.4) is 0 Å². The normalized spacial score (nSPS) is 17.2. The molecule has 0 aromatic carbocycles. The highest BCUT2D eigenvalue weighted by atomic mass is 16.5. The number of esters is 1. The molecule has 0 aromatic rings. The van der Waals surface area contributed by atoms with Gasteiger partial charge in [-0.1, -0.05) is 0 Å². The summed E-state index contributed by atoms with van der Waals surface area (Å²) in [5.74, 6) is 5.47. The smallest absolute Gasteiger partial charge is 0.306 e. The Morgan fingerprint density at radius 2 is 2.21 bits per heavy atom. The maximum atomic E-state index is 11.5. The Morgan fingerprint density at radius 1 is 1.47 bits per heavy atom. The summed E-state index contributed by atoms with van der Waals surface area (Å²) in [5, 5.41) is 0. The van der Waals surface area contributed by atoms with E-state index in [-0.39, 0.29) is 24.6 Å². The highest BCUT2D eigenvalue weighted by Crippen LogP contribution is 2.20. The molecule has 0 aromatic heterocycles. The lowest BCUT2D eigenvalue weighted by Crippen LogP contribution is -2.07. The molecule has 102 valence electrons. The number of methoxy groups -OCH3 is 1. The molecule has 0 unspecified atom stereocenters. The van der Waals surface area contributed by atoms with Crippen LogP contribution in [0.15, 0.2) is 11.6 Å². The summed E-state index contributed by atoms with van der Waals surface area (Å²) in [6, 6.07) is 0. The number of carbonyl (C=O) groups excluding carboxylic acids is 3. The molecule has 19 heavy (non-hydrogen) atoms. The van der Waals surface area contributed by atoms with Gasteiger partial charge in [0, 0.05) is 12.8 Å². The zero-order valence-corrected chi connectivity index (χ0v) is 10.8. The van der Waals surface area contributed by atoms with Gasteiger partial charge in [0.1, 0.15) is 6.10 Å². The number of ketones is 1. The first-order valence-corrected chi connectivity index (χ1v) is 6.03. The first kappa shape index (κ1) is 15.0. The maximum Gasteiger partial charge on any atom is 0.306 e. The molecule has 0 N–H and O–H groups in total. The van der Waals surface area contributed by atoms with Crippen LogP contribution in [0, 0.1) is 11.8 Å². The SMILES string of the molecule is COC(=O)CCC#CCCC1=C[C@H](OC=O)CC1=O. The molecule has 1 aliphatic carbocycles. The van der Waals surface area contributed by atoms with Crippen LogP contribution in [0.1, 0.15) is 32.1 Å². The fourth-order valence-electron chi connectivity index (χ4n) is 1.71. The van der Waals surface area contributed by atoms with Gasteiger partial charge in [-0.15, -0.1) is 11.8 Å². The average molecular weight is 264 g/mol. The molecule has 5 nitrogen and oxygen atoms in total. The topological polar surface area (TPSA) is 69.7 Å². The fraction of sp³-hybridized carbons (Fsp3) is 0.500. The first-order chi connectivity index (χ1) is 9.17. The second-order valence-corrected chi connectivity index (χ2v) is 4.02. The predicted molar refractivity (Wildman–Crippen MR) is 66.9 cm³/mol. The Balaban J connectivity index is 2.27. The predicted octanol–water partition coefficient (Wildman–Crippen LogP) is 1.16. The molecule has 0 fully saturated rings. The number of rotatable bonds is 6. The number of hydrogen-bond acceptors (Lipinski definition) is 5. The Labute approximate surface area is 111 Å². The molecule has 1 rings (SSSR count). The van der Waals surface area contributed by atoms with Gasteiger partial charge in [0.05, 0.1) is 20.0 Å². The van der Waals surface area contributed by atoms with Gasteiger partial charge in [0.25, 0.3) is 6.47 Å². The Bertz CT molecular complexity index is 438. The van der Waals surface area contributed by atoms with Gasteiger partial charge < -0.3 is 9.47 Å². The molecule has 0 saturated carbocycles. The first-order valence-electron chi connectivity index (χ1n) is 6.03. The number of ether oxygens (including phenoxy) is 2. The Kier molecular flexibility index (Phi) is 6.37. The van der Waals surface area contributed by atoms with Gasteiger partial charge in [0.2, 0.25) is 0 Å². The van der Waals surface area contributed by atoms with E-state index in [0.29, 0.717) is 31.3 Å². The van der Waals surface area contributed by atoms with Crippen LogP contribution in [0.5, 0.6) is 0 Å². The average Bonchev–Trinajstić information content (AvgIpc) is 2.74. The Hall–Kier alpha value is -2.09. The zero-order valence-electron chi connectivity index (χ0n) is 10.8. The fourth-order valence-corrected chi connectivity index (χ4v) is 1.71. The minimum atomic E-state index is -0.424. The molecule has 0 spiro atoms. The maximum absolute atomic E-state index is 11.5. The summed E-state index contributed by atoms with van der Waals surface area (Å²) in [7, 11) is 1.34. The zero-order chi connectivity index (χ0) is 14.1. The van der Waals surface area contributed by atoms with Crippen LogP contribution >= 0.6 is 0 Å². The standard InChI is InChI=1S/C14H16O5/c1-18-14(17)7-5-3-2-4-6-11-8-12(19-10-15)9-13(11)16/h8,10,12H,4-7,9H2,1H3/t12-/m0/s1. The van der Waals surface area contributed by atoms with Gasteiger partial charge in [-0.05, 0) is 18.1 Å². The van der Waals surface area contributed by atoms with E-state index in [1.165, 1.54) is 7.11 Å². The molecule has 0 heterocycles. The molecule has 0 radical (unpaired) electrons. The van der Waals surface area contributed by atoms with Gasteiger partial charge in [0.15, 0.2) is 5.78 Å². The molecule has 5 heteroatoms. The molecule has 0 aliphatic heterocycles. The lowest BCUT2D eigenvalue weighted by Gasteiger charge is -2.00. The minimum Gasteiger partial charge on any atom is -0.469 e. The van der Waals surface area contributed by atoms with Crippen molar-refractivity contribution in [2.24, 2.45) is 0 Å². The van der Waals surface area contributed by atoms with Crippen LogP contribution in [0.4, 0.5) is 0 Å². The van der Waals surface area contributed by atoms with E-state index < -0.39 is 6.10 Å². The van der Waals surface area contributed by atoms with Gasteiger partial charge in [-0.2, -0.15) is 0 Å². The molecule has 0 saturated heterocycles. The monoisotopic (exact) mass is 264 g/mol. The summed E-state index contributed by atoms with van der Waals surface area (Å²) in [6.07, 6.45) is 3.30. The van der Waals surface area contributed by atoms with Crippen LogP contribution in [0.2, 0.25) is 0 Å². The summed E-state index contributed by atoms with van der Waals surface area (Å²) >= 11 is 0. The van der Waals surface area contributed by atoms with Crippen molar-refractivity contribution >= 4 is 18.2 Å². The van der Waals surface area contributed by atoms with E-state index >= 15 is 0 Å². The van der Waals surface area contributed by atoms with E-state index in [4.69, 9.17) is 4.74 Å². The molecule has 1 atom stereocenters. The van der Waals surface area contributed by atoms with Crippen molar-refractivity contribution < 1.29 is 23.9 Å². The highest BCUT2D eigenvalue weighted by Gasteiger charge is 2.24. The second kappa shape index (κ2) is 8.09. The third-order valence-corrected chi connectivity index (χ3v) is 2.69. The minimum absolute atomic E-state index is 0.00297. The number of Topliss-reactive ketones (excluding diaryl/α,β-unsaturated/α-hetero) is 1. The largest absolute Gasteiger partial charge is 0.469 e. The van der Waals surface area contributed by atoms with Crippen molar-refractivity contribution in [3.8, 4) is 11.8 Å². The quantitative estimate of drug-likeness (QED) is 0.409. The van der Waals surface area contributed by atoms with Gasteiger partial charge >= 0.3 is 5.97 Å². The summed E-state index contributed by atoms with van der Waals surface area (Å²) < 4.78 is 9.21. The van der Waals surface area contributed by atoms with Crippen molar-refractivity contribution in [1.82, 2.24) is 0 Å². The van der Waals surface area contributed by atoms with E-state index in [9.17, 15) is 14.4 Å². The van der Waals surface area contributed by atoms with Gasteiger partial charge in [-0.3, -0.25) is 14.4 Å². The van der Waals surface area contributed by atoms with E-state index in [2.05, 4.69) is 16.6 Å². The van der Waals surface area contributed by atoms with E-state index in [1.807, 2.05) is 0 Å². The molecule has 1 aliphatic rings. The van der Waals surface area contributed by atoms with Crippen LogP contribution in [-0.2, 0) is 23.9 Å². The van der Waals surface area contributed by atoms with E-state index in [0.717, 1.165) is 0 Å². The molecule has 0 bridgehead atoms.